The minimum Gasteiger partial charge on any atom is -0.484 e. The fourth-order valence-corrected chi connectivity index (χ4v) is 5.05. The lowest BCUT2D eigenvalue weighted by atomic mass is 10.1. The minimum absolute atomic E-state index is 0.106. The molecule has 0 saturated carbocycles. The van der Waals surface area contributed by atoms with Gasteiger partial charge in [-0.25, -0.2) is 12.8 Å². The van der Waals surface area contributed by atoms with Gasteiger partial charge in [-0.15, -0.1) is 0 Å². The van der Waals surface area contributed by atoms with E-state index in [4.69, 9.17) is 4.74 Å². The number of hydrogen-bond acceptors (Lipinski definition) is 5. The van der Waals surface area contributed by atoms with E-state index in [1.165, 1.54) is 29.2 Å². The number of carbonyl (C=O) groups excluding carboxylic acids is 1. The summed E-state index contributed by atoms with van der Waals surface area (Å²) in [5.41, 5.74) is 2.56. The summed E-state index contributed by atoms with van der Waals surface area (Å²) in [6.45, 7) is 3.95. The molecule has 7 nitrogen and oxygen atoms in total. The van der Waals surface area contributed by atoms with Crippen LogP contribution in [0.1, 0.15) is 29.4 Å². The molecule has 28 heavy (non-hydrogen) atoms. The molecule has 3 rings (SSSR count). The maximum absolute atomic E-state index is 12.9. The highest BCUT2D eigenvalue weighted by Gasteiger charge is 2.31. The topological polar surface area (TPSA) is 81.5 Å². The minimum atomic E-state index is -3.00. The quantitative estimate of drug-likeness (QED) is 0.729. The molecular formula is C19H24FN3O4S. The molecule has 1 amide bonds. The van der Waals surface area contributed by atoms with Crippen LogP contribution in [-0.4, -0.2) is 54.2 Å². The molecule has 2 aromatic rings. The van der Waals surface area contributed by atoms with Crippen molar-refractivity contribution in [3.8, 4) is 5.75 Å². The maximum atomic E-state index is 12.9. The number of aryl methyl sites for hydroxylation is 1. The monoisotopic (exact) mass is 409 g/mol. The summed E-state index contributed by atoms with van der Waals surface area (Å²) < 4.78 is 43.6. The van der Waals surface area contributed by atoms with Crippen LogP contribution in [0.2, 0.25) is 0 Å². The third-order valence-corrected chi connectivity index (χ3v) is 6.78. The average Bonchev–Trinajstić information content (AvgIpc) is 3.14. The number of benzene rings is 1. The van der Waals surface area contributed by atoms with Crippen LogP contribution in [-0.2, 0) is 21.2 Å². The molecule has 1 aromatic heterocycles. The van der Waals surface area contributed by atoms with Crippen LogP contribution in [0.25, 0.3) is 0 Å². The summed E-state index contributed by atoms with van der Waals surface area (Å²) in [5.74, 6) is 0.123. The number of hydrogen-bond donors (Lipinski definition) is 0. The highest BCUT2D eigenvalue weighted by molar-refractivity contribution is 7.91. The molecule has 0 spiro atoms. The van der Waals surface area contributed by atoms with Crippen LogP contribution >= 0.6 is 0 Å². The SMILES string of the molecule is Cc1nn([C@@H]2CCS(=O)(=O)C2)c(C)c1CN(C)C(=O)COc1ccc(F)cc1. The van der Waals surface area contributed by atoms with E-state index in [0.29, 0.717) is 18.7 Å². The van der Waals surface area contributed by atoms with E-state index in [9.17, 15) is 17.6 Å². The van der Waals surface area contributed by atoms with Crippen molar-refractivity contribution < 1.29 is 22.3 Å². The zero-order valence-electron chi connectivity index (χ0n) is 16.2. The van der Waals surface area contributed by atoms with Crippen molar-refractivity contribution in [1.82, 2.24) is 14.7 Å². The Morgan fingerprint density at radius 1 is 1.32 bits per heavy atom. The number of sulfone groups is 1. The van der Waals surface area contributed by atoms with Crippen LogP contribution in [0.3, 0.4) is 0 Å². The molecule has 9 heteroatoms. The molecule has 1 saturated heterocycles. The molecule has 1 atom stereocenters. The number of rotatable bonds is 6. The Morgan fingerprint density at radius 3 is 2.61 bits per heavy atom. The number of likely N-dealkylation sites (N-methyl/N-ethyl adjacent to an activating group) is 1. The third kappa shape index (κ3) is 4.52. The molecule has 0 unspecified atom stereocenters. The highest BCUT2D eigenvalue weighted by Crippen LogP contribution is 2.27. The predicted octanol–water partition coefficient (Wildman–Crippen LogP) is 2.04. The van der Waals surface area contributed by atoms with Crippen LogP contribution in [0, 0.1) is 19.7 Å². The lowest BCUT2D eigenvalue weighted by Crippen LogP contribution is -2.31. The third-order valence-electron chi connectivity index (χ3n) is 5.03. The smallest absolute Gasteiger partial charge is 0.260 e. The van der Waals surface area contributed by atoms with Crippen LogP contribution in [0.4, 0.5) is 4.39 Å². The zero-order chi connectivity index (χ0) is 20.5. The molecule has 0 bridgehead atoms. The van der Waals surface area contributed by atoms with Gasteiger partial charge in [-0.2, -0.15) is 5.10 Å². The molecule has 1 fully saturated rings. The van der Waals surface area contributed by atoms with E-state index in [1.54, 1.807) is 11.7 Å². The molecule has 0 radical (unpaired) electrons. The van der Waals surface area contributed by atoms with Crippen molar-refractivity contribution in [2.45, 2.75) is 32.9 Å². The summed E-state index contributed by atoms with van der Waals surface area (Å²) in [7, 11) is -1.33. The molecule has 1 aliphatic rings. The van der Waals surface area contributed by atoms with Gasteiger partial charge in [-0.05, 0) is 44.5 Å². The van der Waals surface area contributed by atoms with Crippen molar-refractivity contribution in [2.24, 2.45) is 0 Å². The van der Waals surface area contributed by atoms with Gasteiger partial charge in [0.2, 0.25) is 0 Å². The standard InChI is InChI=1S/C19H24FN3O4S/c1-13-18(14(2)23(21-13)16-8-9-28(25,26)12-16)10-22(3)19(24)11-27-17-6-4-15(20)5-7-17/h4-7,16H,8-12H2,1-3H3/t16-/m1/s1. The molecule has 152 valence electrons. The van der Waals surface area contributed by atoms with Gasteiger partial charge in [-0.1, -0.05) is 0 Å². The van der Waals surface area contributed by atoms with Gasteiger partial charge in [0.15, 0.2) is 16.4 Å². The second-order valence-electron chi connectivity index (χ2n) is 7.14. The Hall–Kier alpha value is -2.42. The van der Waals surface area contributed by atoms with E-state index >= 15 is 0 Å². The van der Waals surface area contributed by atoms with Crippen molar-refractivity contribution >= 4 is 15.7 Å². The Morgan fingerprint density at radius 2 is 2.00 bits per heavy atom. The lowest BCUT2D eigenvalue weighted by molar-refractivity contribution is -0.132. The Kier molecular flexibility index (Phi) is 5.74. The summed E-state index contributed by atoms with van der Waals surface area (Å²) in [4.78, 5) is 13.9. The van der Waals surface area contributed by atoms with Crippen molar-refractivity contribution in [3.63, 3.8) is 0 Å². The van der Waals surface area contributed by atoms with E-state index in [1.807, 2.05) is 13.8 Å². The number of halogens is 1. The average molecular weight is 409 g/mol. The van der Waals surface area contributed by atoms with Crippen molar-refractivity contribution in [3.05, 3.63) is 47.0 Å². The van der Waals surface area contributed by atoms with E-state index < -0.39 is 9.84 Å². The number of ether oxygens (including phenoxy) is 1. The number of nitrogens with zero attached hydrogens (tertiary/aromatic N) is 3. The molecule has 0 N–H and O–H groups in total. The molecular weight excluding hydrogens is 385 g/mol. The fraction of sp³-hybridized carbons (Fsp3) is 0.474. The summed E-state index contributed by atoms with van der Waals surface area (Å²) >= 11 is 0. The first-order chi connectivity index (χ1) is 13.2. The predicted molar refractivity (Wildman–Crippen MR) is 102 cm³/mol. The van der Waals surface area contributed by atoms with Crippen molar-refractivity contribution in [1.29, 1.82) is 0 Å². The van der Waals surface area contributed by atoms with Gasteiger partial charge in [0.05, 0.1) is 23.2 Å². The molecule has 2 heterocycles. The van der Waals surface area contributed by atoms with E-state index in [2.05, 4.69) is 5.10 Å². The first-order valence-corrected chi connectivity index (χ1v) is 10.9. The zero-order valence-corrected chi connectivity index (χ0v) is 17.0. The fourth-order valence-electron chi connectivity index (χ4n) is 3.36. The molecule has 0 aliphatic carbocycles. The second kappa shape index (κ2) is 7.90. The number of amides is 1. The van der Waals surface area contributed by atoms with Gasteiger partial charge in [0, 0.05) is 24.8 Å². The van der Waals surface area contributed by atoms with Crippen LogP contribution in [0.5, 0.6) is 5.75 Å². The first kappa shape index (κ1) is 20.3. The number of carbonyl (C=O) groups is 1. The molecule has 1 aliphatic heterocycles. The highest BCUT2D eigenvalue weighted by atomic mass is 32.2. The summed E-state index contributed by atoms with van der Waals surface area (Å²) in [5, 5.41) is 4.52. The Labute approximate surface area is 164 Å². The van der Waals surface area contributed by atoms with Crippen LogP contribution < -0.4 is 4.74 Å². The summed E-state index contributed by atoms with van der Waals surface area (Å²) in [6, 6.07) is 5.33. The van der Waals surface area contributed by atoms with Gasteiger partial charge in [0.25, 0.3) is 5.91 Å². The van der Waals surface area contributed by atoms with Gasteiger partial charge in [-0.3, -0.25) is 9.48 Å². The summed E-state index contributed by atoms with van der Waals surface area (Å²) in [6.07, 6.45) is 0.560. The lowest BCUT2D eigenvalue weighted by Gasteiger charge is -2.18. The van der Waals surface area contributed by atoms with E-state index in [-0.39, 0.29) is 35.9 Å². The number of aromatic nitrogens is 2. The van der Waals surface area contributed by atoms with Crippen LogP contribution in [0.15, 0.2) is 24.3 Å². The van der Waals surface area contributed by atoms with Gasteiger partial charge in [0.1, 0.15) is 11.6 Å². The van der Waals surface area contributed by atoms with Gasteiger partial charge < -0.3 is 9.64 Å². The normalized spacial score (nSPS) is 18.2. The van der Waals surface area contributed by atoms with E-state index in [0.717, 1.165) is 17.0 Å². The largest absolute Gasteiger partial charge is 0.484 e. The molecule has 1 aromatic carbocycles. The second-order valence-corrected chi connectivity index (χ2v) is 9.37. The first-order valence-electron chi connectivity index (χ1n) is 9.03. The van der Waals surface area contributed by atoms with Gasteiger partial charge >= 0.3 is 0 Å². The van der Waals surface area contributed by atoms with Crippen molar-refractivity contribution in [2.75, 3.05) is 25.2 Å². The maximum Gasteiger partial charge on any atom is 0.260 e. The Bertz CT molecular complexity index is 970. The Balaban J connectivity index is 1.64.